The van der Waals surface area contributed by atoms with Crippen LogP contribution in [0.1, 0.15) is 39.4 Å². The Morgan fingerprint density at radius 1 is 1.24 bits per heavy atom. The number of ether oxygens (including phenoxy) is 1. The van der Waals surface area contributed by atoms with E-state index < -0.39 is 0 Å². The van der Waals surface area contributed by atoms with Crippen LogP contribution in [0, 0.1) is 0 Å². The van der Waals surface area contributed by atoms with Crippen LogP contribution in [-0.2, 0) is 13.1 Å². The highest BCUT2D eigenvalue weighted by Crippen LogP contribution is 2.12. The van der Waals surface area contributed by atoms with Crippen LogP contribution in [0.3, 0.4) is 0 Å². The van der Waals surface area contributed by atoms with Gasteiger partial charge in [0.15, 0.2) is 5.75 Å². The Morgan fingerprint density at radius 3 is 2.71 bits per heavy atom. The summed E-state index contributed by atoms with van der Waals surface area (Å²) in [6, 6.07) is 0.782. The van der Waals surface area contributed by atoms with Crippen molar-refractivity contribution in [3.05, 3.63) is 24.3 Å². The van der Waals surface area contributed by atoms with Gasteiger partial charge in [0.1, 0.15) is 6.61 Å². The van der Waals surface area contributed by atoms with E-state index in [1.165, 1.54) is 0 Å². The fraction of sp³-hybridized carbons (Fsp3) is 0.643. The van der Waals surface area contributed by atoms with Crippen molar-refractivity contribution in [3.8, 4) is 5.75 Å². The van der Waals surface area contributed by atoms with Gasteiger partial charge in [-0.3, -0.25) is 4.68 Å². The fourth-order valence-corrected chi connectivity index (χ4v) is 1.77. The lowest BCUT2D eigenvalue weighted by Gasteiger charge is -2.05. The first kappa shape index (κ1) is 15.5. The normalized spacial score (nSPS) is 11.5. The molecular formula is C14H24N6O. The maximum atomic E-state index is 5.66. The quantitative estimate of drug-likeness (QED) is 0.801. The van der Waals surface area contributed by atoms with E-state index in [9.17, 15) is 0 Å². The molecule has 0 spiro atoms. The molecule has 1 N–H and O–H groups in total. The van der Waals surface area contributed by atoms with Crippen LogP contribution >= 0.6 is 0 Å². The van der Waals surface area contributed by atoms with Crippen LogP contribution in [-0.4, -0.2) is 37.4 Å². The fourth-order valence-electron chi connectivity index (χ4n) is 1.77. The van der Waals surface area contributed by atoms with Gasteiger partial charge in [0.05, 0.1) is 24.6 Å². The highest BCUT2D eigenvalue weighted by molar-refractivity contribution is 5.11. The SMILES string of the molecule is CC(C)NCc1cn(CCOc2cnn(C(C)C)c2)nn1. The van der Waals surface area contributed by atoms with Gasteiger partial charge in [-0.25, -0.2) is 4.68 Å². The van der Waals surface area contributed by atoms with E-state index in [1.54, 1.807) is 10.9 Å². The molecule has 0 bridgehead atoms. The summed E-state index contributed by atoms with van der Waals surface area (Å²) >= 11 is 0. The Hall–Kier alpha value is -1.89. The van der Waals surface area contributed by atoms with E-state index >= 15 is 0 Å². The summed E-state index contributed by atoms with van der Waals surface area (Å²) in [7, 11) is 0. The first-order valence-electron chi connectivity index (χ1n) is 7.34. The zero-order valence-electron chi connectivity index (χ0n) is 13.2. The van der Waals surface area contributed by atoms with Crippen LogP contribution in [0.4, 0.5) is 0 Å². The number of aromatic nitrogens is 5. The molecule has 2 aromatic heterocycles. The zero-order valence-corrected chi connectivity index (χ0v) is 13.2. The molecule has 0 aliphatic carbocycles. The minimum atomic E-state index is 0.341. The second-order valence-electron chi connectivity index (χ2n) is 5.61. The third-order valence-corrected chi connectivity index (χ3v) is 2.97. The van der Waals surface area contributed by atoms with Crippen molar-refractivity contribution in [1.29, 1.82) is 0 Å². The Bertz CT molecular complexity index is 545. The Morgan fingerprint density at radius 2 is 2.05 bits per heavy atom. The molecule has 0 amide bonds. The highest BCUT2D eigenvalue weighted by Gasteiger charge is 2.04. The van der Waals surface area contributed by atoms with E-state index in [1.807, 2.05) is 17.1 Å². The Balaban J connectivity index is 1.75. The topological polar surface area (TPSA) is 69.8 Å². The van der Waals surface area contributed by atoms with Crippen LogP contribution in [0.5, 0.6) is 5.75 Å². The minimum Gasteiger partial charge on any atom is -0.488 e. The lowest BCUT2D eigenvalue weighted by molar-refractivity contribution is 0.289. The molecule has 0 aliphatic rings. The van der Waals surface area contributed by atoms with Crippen molar-refractivity contribution >= 4 is 0 Å². The van der Waals surface area contributed by atoms with Gasteiger partial charge in [-0.1, -0.05) is 19.1 Å². The average Bonchev–Trinajstić information content (AvgIpc) is 3.05. The van der Waals surface area contributed by atoms with Crippen molar-refractivity contribution in [1.82, 2.24) is 30.1 Å². The van der Waals surface area contributed by atoms with Gasteiger partial charge in [0.25, 0.3) is 0 Å². The molecule has 0 aromatic carbocycles. The minimum absolute atomic E-state index is 0.341. The molecule has 116 valence electrons. The summed E-state index contributed by atoms with van der Waals surface area (Å²) in [6.07, 6.45) is 5.58. The third-order valence-electron chi connectivity index (χ3n) is 2.97. The van der Waals surface area contributed by atoms with Crippen molar-refractivity contribution in [2.75, 3.05) is 6.61 Å². The standard InChI is InChI=1S/C14H24N6O/c1-11(2)15-7-13-9-19(18-17-13)5-6-21-14-8-16-20(10-14)12(3)4/h8-12,15H,5-7H2,1-4H3. The molecule has 7 heteroatoms. The van der Waals surface area contributed by atoms with E-state index in [4.69, 9.17) is 4.74 Å². The number of rotatable bonds is 8. The Labute approximate surface area is 125 Å². The van der Waals surface area contributed by atoms with Crippen LogP contribution in [0.15, 0.2) is 18.6 Å². The summed E-state index contributed by atoms with van der Waals surface area (Å²) < 4.78 is 9.33. The van der Waals surface area contributed by atoms with Gasteiger partial charge >= 0.3 is 0 Å². The molecule has 2 aromatic rings. The molecule has 0 aliphatic heterocycles. The molecule has 0 radical (unpaired) electrons. The second-order valence-corrected chi connectivity index (χ2v) is 5.61. The summed E-state index contributed by atoms with van der Waals surface area (Å²) in [4.78, 5) is 0. The lowest BCUT2D eigenvalue weighted by Crippen LogP contribution is -2.21. The van der Waals surface area contributed by atoms with Crippen molar-refractivity contribution < 1.29 is 4.74 Å². The predicted molar refractivity (Wildman–Crippen MR) is 80.1 cm³/mol. The van der Waals surface area contributed by atoms with Gasteiger partial charge < -0.3 is 10.1 Å². The van der Waals surface area contributed by atoms with Crippen molar-refractivity contribution in [3.63, 3.8) is 0 Å². The van der Waals surface area contributed by atoms with E-state index in [2.05, 4.69) is 48.4 Å². The lowest BCUT2D eigenvalue weighted by atomic mass is 10.3. The summed E-state index contributed by atoms with van der Waals surface area (Å²) in [5, 5.41) is 15.8. The smallest absolute Gasteiger partial charge is 0.157 e. The van der Waals surface area contributed by atoms with Crippen LogP contribution in [0.2, 0.25) is 0 Å². The van der Waals surface area contributed by atoms with Gasteiger partial charge in [0.2, 0.25) is 0 Å². The molecule has 0 saturated carbocycles. The predicted octanol–water partition coefficient (Wildman–Crippen LogP) is 1.63. The van der Waals surface area contributed by atoms with Crippen LogP contribution in [0.25, 0.3) is 0 Å². The molecule has 21 heavy (non-hydrogen) atoms. The molecular weight excluding hydrogens is 268 g/mol. The largest absolute Gasteiger partial charge is 0.488 e. The number of nitrogens with one attached hydrogen (secondary N) is 1. The van der Waals surface area contributed by atoms with Gasteiger partial charge in [-0.05, 0) is 13.8 Å². The molecule has 0 saturated heterocycles. The maximum Gasteiger partial charge on any atom is 0.157 e. The monoisotopic (exact) mass is 292 g/mol. The summed E-state index contributed by atoms with van der Waals surface area (Å²) in [5.41, 5.74) is 0.941. The van der Waals surface area contributed by atoms with Crippen molar-refractivity contribution in [2.45, 2.75) is 52.9 Å². The number of hydrogen-bond donors (Lipinski definition) is 1. The molecule has 0 fully saturated rings. The number of hydrogen-bond acceptors (Lipinski definition) is 5. The van der Waals surface area contributed by atoms with E-state index in [0.29, 0.717) is 25.2 Å². The summed E-state index contributed by atoms with van der Waals surface area (Å²) in [6.45, 7) is 10.3. The van der Waals surface area contributed by atoms with Gasteiger partial charge in [-0.15, -0.1) is 5.10 Å². The van der Waals surface area contributed by atoms with Crippen molar-refractivity contribution in [2.24, 2.45) is 0 Å². The molecule has 0 atom stereocenters. The zero-order chi connectivity index (χ0) is 15.2. The molecule has 0 unspecified atom stereocenters. The maximum absolute atomic E-state index is 5.66. The highest BCUT2D eigenvalue weighted by atomic mass is 16.5. The van der Waals surface area contributed by atoms with E-state index in [0.717, 1.165) is 18.0 Å². The first-order chi connectivity index (χ1) is 10.0. The molecule has 7 nitrogen and oxygen atoms in total. The van der Waals surface area contributed by atoms with Crippen LogP contribution < -0.4 is 10.1 Å². The molecule has 2 heterocycles. The first-order valence-corrected chi connectivity index (χ1v) is 7.34. The second kappa shape index (κ2) is 7.21. The third kappa shape index (κ3) is 4.86. The molecule has 2 rings (SSSR count). The summed E-state index contributed by atoms with van der Waals surface area (Å²) in [5.74, 6) is 0.783. The Kier molecular flexibility index (Phi) is 5.32. The number of nitrogens with zero attached hydrogens (tertiary/aromatic N) is 5. The van der Waals surface area contributed by atoms with Gasteiger partial charge in [-0.2, -0.15) is 5.10 Å². The van der Waals surface area contributed by atoms with E-state index in [-0.39, 0.29) is 0 Å². The van der Waals surface area contributed by atoms with Gasteiger partial charge in [0, 0.05) is 24.8 Å². The average molecular weight is 292 g/mol.